The molecule has 6 nitrogen and oxygen atoms in total. The molecule has 2 rings (SSSR count). The molecule has 0 aliphatic carbocycles. The average Bonchev–Trinajstić information content (AvgIpc) is 2.51. The van der Waals surface area contributed by atoms with Crippen molar-refractivity contribution in [2.75, 3.05) is 6.61 Å². The first-order chi connectivity index (χ1) is 10.6. The predicted molar refractivity (Wildman–Crippen MR) is 81.9 cm³/mol. The molecule has 0 aromatic heterocycles. The van der Waals surface area contributed by atoms with E-state index < -0.39 is 4.92 Å². The predicted octanol–water partition coefficient (Wildman–Crippen LogP) is 2.94. The normalized spacial score (nSPS) is 10.0. The second kappa shape index (κ2) is 7.42. The van der Waals surface area contributed by atoms with Crippen LogP contribution in [0.25, 0.3) is 0 Å². The van der Waals surface area contributed by atoms with Crippen LogP contribution in [0.4, 0.5) is 5.69 Å². The number of benzene rings is 2. The van der Waals surface area contributed by atoms with Crippen LogP contribution in [0.15, 0.2) is 48.5 Å². The van der Waals surface area contributed by atoms with Crippen LogP contribution in [0.2, 0.25) is 5.02 Å². The van der Waals surface area contributed by atoms with Gasteiger partial charge in [-0.05, 0) is 23.8 Å². The molecule has 0 aliphatic rings. The number of nitro groups is 1. The van der Waals surface area contributed by atoms with Crippen molar-refractivity contribution in [3.63, 3.8) is 0 Å². The van der Waals surface area contributed by atoms with Crippen LogP contribution >= 0.6 is 11.6 Å². The largest absolute Gasteiger partial charge is 0.477 e. The molecule has 1 amide bonds. The van der Waals surface area contributed by atoms with Gasteiger partial charge in [-0.2, -0.15) is 0 Å². The summed E-state index contributed by atoms with van der Waals surface area (Å²) in [5.74, 6) is -0.316. The highest BCUT2D eigenvalue weighted by atomic mass is 35.5. The molecule has 0 atom stereocenters. The van der Waals surface area contributed by atoms with Gasteiger partial charge in [0.2, 0.25) is 0 Å². The van der Waals surface area contributed by atoms with Crippen molar-refractivity contribution in [3.05, 3.63) is 69.2 Å². The van der Waals surface area contributed by atoms with Crippen molar-refractivity contribution < 1.29 is 14.5 Å². The molecule has 0 saturated carbocycles. The molecule has 0 bridgehead atoms. The molecule has 2 aromatic rings. The lowest BCUT2D eigenvalue weighted by Crippen LogP contribution is -2.28. The van der Waals surface area contributed by atoms with Gasteiger partial charge >= 0.3 is 5.69 Å². The Balaban J connectivity index is 1.87. The molecule has 0 fully saturated rings. The number of hydrogen-bond acceptors (Lipinski definition) is 4. The number of nitrogens with one attached hydrogen (secondary N) is 1. The van der Waals surface area contributed by atoms with E-state index in [4.69, 9.17) is 16.3 Å². The second-order valence-corrected chi connectivity index (χ2v) is 4.86. The summed E-state index contributed by atoms with van der Waals surface area (Å²) in [5, 5.41) is 14.1. The molecule has 0 radical (unpaired) electrons. The molecule has 0 unspecified atom stereocenters. The van der Waals surface area contributed by atoms with Gasteiger partial charge in [0.05, 0.1) is 4.92 Å². The number of halogens is 1. The van der Waals surface area contributed by atoms with Crippen molar-refractivity contribution >= 4 is 23.2 Å². The third-order valence-electron chi connectivity index (χ3n) is 2.80. The smallest absolute Gasteiger partial charge is 0.310 e. The van der Waals surface area contributed by atoms with E-state index in [-0.39, 0.29) is 24.0 Å². The van der Waals surface area contributed by atoms with Crippen LogP contribution in [0, 0.1) is 10.1 Å². The van der Waals surface area contributed by atoms with Crippen LogP contribution in [0.1, 0.15) is 5.56 Å². The number of carbonyl (C=O) groups excluding carboxylic acids is 1. The van der Waals surface area contributed by atoms with Crippen LogP contribution < -0.4 is 10.1 Å². The first-order valence-corrected chi connectivity index (χ1v) is 6.81. The Bertz CT molecular complexity index is 691. The Labute approximate surface area is 131 Å². The molecular weight excluding hydrogens is 308 g/mol. The van der Waals surface area contributed by atoms with Crippen molar-refractivity contribution in [2.45, 2.75) is 6.54 Å². The standard InChI is InChI=1S/C15H13ClN2O4/c16-12-5-3-4-11(8-12)9-17-15(19)10-22-14-7-2-1-6-13(14)18(20)21/h1-8H,9-10H2,(H,17,19). The lowest BCUT2D eigenvalue weighted by atomic mass is 10.2. The summed E-state index contributed by atoms with van der Waals surface area (Å²) >= 11 is 5.85. The van der Waals surface area contributed by atoms with Gasteiger partial charge in [0, 0.05) is 17.6 Å². The second-order valence-electron chi connectivity index (χ2n) is 4.42. The van der Waals surface area contributed by atoms with Gasteiger partial charge in [-0.1, -0.05) is 35.9 Å². The van der Waals surface area contributed by atoms with E-state index in [1.54, 1.807) is 24.3 Å². The Hall–Kier alpha value is -2.60. The van der Waals surface area contributed by atoms with E-state index in [9.17, 15) is 14.9 Å². The maximum atomic E-state index is 11.7. The Morgan fingerprint density at radius 2 is 2.00 bits per heavy atom. The number of hydrogen-bond donors (Lipinski definition) is 1. The zero-order valence-electron chi connectivity index (χ0n) is 11.5. The zero-order valence-corrected chi connectivity index (χ0v) is 12.2. The number of carbonyl (C=O) groups is 1. The molecule has 0 aliphatic heterocycles. The fourth-order valence-electron chi connectivity index (χ4n) is 1.77. The maximum absolute atomic E-state index is 11.7. The molecule has 7 heteroatoms. The Morgan fingerprint density at radius 3 is 2.73 bits per heavy atom. The lowest BCUT2D eigenvalue weighted by Gasteiger charge is -2.08. The third kappa shape index (κ3) is 4.46. The van der Waals surface area contributed by atoms with Gasteiger partial charge in [0.15, 0.2) is 12.4 Å². The SMILES string of the molecule is O=C(COc1ccccc1[N+](=O)[O-])NCc1cccc(Cl)c1. The quantitative estimate of drug-likeness (QED) is 0.655. The third-order valence-corrected chi connectivity index (χ3v) is 3.03. The molecule has 0 heterocycles. The van der Waals surface area contributed by atoms with Gasteiger partial charge in [-0.15, -0.1) is 0 Å². The van der Waals surface area contributed by atoms with Gasteiger partial charge < -0.3 is 10.1 Å². The van der Waals surface area contributed by atoms with Gasteiger partial charge in [0.1, 0.15) is 0 Å². The van der Waals surface area contributed by atoms with Crippen molar-refractivity contribution in [2.24, 2.45) is 0 Å². The van der Waals surface area contributed by atoms with Gasteiger partial charge in [-0.25, -0.2) is 0 Å². The zero-order chi connectivity index (χ0) is 15.9. The van der Waals surface area contributed by atoms with Crippen molar-refractivity contribution in [1.29, 1.82) is 0 Å². The maximum Gasteiger partial charge on any atom is 0.310 e. The number of ether oxygens (including phenoxy) is 1. The van der Waals surface area contributed by atoms with Crippen LogP contribution in [-0.4, -0.2) is 17.4 Å². The fraction of sp³-hybridized carbons (Fsp3) is 0.133. The average molecular weight is 321 g/mol. The monoisotopic (exact) mass is 320 g/mol. The highest BCUT2D eigenvalue weighted by Crippen LogP contribution is 2.25. The Kier molecular flexibility index (Phi) is 5.32. The summed E-state index contributed by atoms with van der Waals surface area (Å²) < 4.78 is 5.19. The molecule has 1 N–H and O–H groups in total. The molecular formula is C15H13ClN2O4. The van der Waals surface area contributed by atoms with Gasteiger partial charge in [-0.3, -0.25) is 14.9 Å². The highest BCUT2D eigenvalue weighted by molar-refractivity contribution is 6.30. The van der Waals surface area contributed by atoms with E-state index in [0.717, 1.165) is 5.56 Å². The van der Waals surface area contributed by atoms with Crippen molar-refractivity contribution in [3.8, 4) is 5.75 Å². The van der Waals surface area contributed by atoms with E-state index in [0.29, 0.717) is 11.6 Å². The summed E-state index contributed by atoms with van der Waals surface area (Å²) in [4.78, 5) is 22.0. The van der Waals surface area contributed by atoms with Crippen LogP contribution in [0.3, 0.4) is 0 Å². The molecule has 0 saturated heterocycles. The van der Waals surface area contributed by atoms with E-state index in [1.807, 2.05) is 6.07 Å². The number of rotatable bonds is 6. The number of nitro benzene ring substituents is 1. The minimum atomic E-state index is -0.556. The number of para-hydroxylation sites is 2. The fourth-order valence-corrected chi connectivity index (χ4v) is 1.98. The molecule has 114 valence electrons. The molecule has 0 spiro atoms. The first kappa shape index (κ1) is 15.8. The van der Waals surface area contributed by atoms with Crippen LogP contribution in [0.5, 0.6) is 5.75 Å². The highest BCUT2D eigenvalue weighted by Gasteiger charge is 2.14. The topological polar surface area (TPSA) is 81.5 Å². The first-order valence-electron chi connectivity index (χ1n) is 6.43. The van der Waals surface area contributed by atoms with E-state index >= 15 is 0 Å². The number of amides is 1. The van der Waals surface area contributed by atoms with E-state index in [1.165, 1.54) is 18.2 Å². The van der Waals surface area contributed by atoms with Gasteiger partial charge in [0.25, 0.3) is 5.91 Å². The summed E-state index contributed by atoms with van der Waals surface area (Å²) in [6.45, 7) is 0.00502. The minimum absolute atomic E-state index is 0.0606. The Morgan fingerprint density at radius 1 is 1.23 bits per heavy atom. The summed E-state index contributed by atoms with van der Waals surface area (Å²) in [7, 11) is 0. The summed E-state index contributed by atoms with van der Waals surface area (Å²) in [6.07, 6.45) is 0. The molecule has 2 aromatic carbocycles. The lowest BCUT2D eigenvalue weighted by molar-refractivity contribution is -0.385. The van der Waals surface area contributed by atoms with Crippen molar-refractivity contribution in [1.82, 2.24) is 5.32 Å². The minimum Gasteiger partial charge on any atom is -0.477 e. The summed E-state index contributed by atoms with van der Waals surface area (Å²) in [5.41, 5.74) is 0.677. The van der Waals surface area contributed by atoms with E-state index in [2.05, 4.69) is 5.32 Å². The van der Waals surface area contributed by atoms with Crippen LogP contribution in [-0.2, 0) is 11.3 Å². The number of nitrogens with zero attached hydrogens (tertiary/aromatic N) is 1. The molecule has 22 heavy (non-hydrogen) atoms. The summed E-state index contributed by atoms with van der Waals surface area (Å²) in [6, 6.07) is 13.0.